The molecule has 0 bridgehead atoms. The molecule has 1 amide bonds. The Kier molecular flexibility index (Phi) is 4.16. The number of rotatable bonds is 4. The standard InChI is InChI=1S/C5H9NO5/c1-10-6(11-2)4(7)3-5(8)9/h3H2,1-2H3,(H,8,9). The molecule has 64 valence electrons. The molecule has 0 aromatic rings. The highest BCUT2D eigenvalue weighted by Crippen LogP contribution is 1.93. The summed E-state index contributed by atoms with van der Waals surface area (Å²) in [7, 11) is 2.40. The lowest BCUT2D eigenvalue weighted by Gasteiger charge is -2.13. The summed E-state index contributed by atoms with van der Waals surface area (Å²) < 4.78 is 0. The lowest BCUT2D eigenvalue weighted by atomic mass is 10.4. The highest BCUT2D eigenvalue weighted by Gasteiger charge is 2.15. The van der Waals surface area contributed by atoms with E-state index in [2.05, 4.69) is 9.68 Å². The van der Waals surface area contributed by atoms with Crippen molar-refractivity contribution < 1.29 is 24.4 Å². The molecule has 6 heteroatoms. The molecule has 0 saturated heterocycles. The first-order valence-electron chi connectivity index (χ1n) is 2.74. The van der Waals surface area contributed by atoms with E-state index < -0.39 is 18.3 Å². The molecule has 0 heterocycles. The van der Waals surface area contributed by atoms with E-state index in [1.807, 2.05) is 0 Å². The Hall–Kier alpha value is -1.14. The van der Waals surface area contributed by atoms with Gasteiger partial charge in [-0.25, -0.2) is 9.68 Å². The van der Waals surface area contributed by atoms with Gasteiger partial charge in [0.05, 0.1) is 14.2 Å². The van der Waals surface area contributed by atoms with Gasteiger partial charge in [0, 0.05) is 0 Å². The van der Waals surface area contributed by atoms with Crippen LogP contribution in [0.5, 0.6) is 0 Å². The van der Waals surface area contributed by atoms with Crippen molar-refractivity contribution in [2.45, 2.75) is 6.42 Å². The number of nitrogens with zero attached hydrogens (tertiary/aromatic N) is 1. The number of carboxylic acid groups (broad SMARTS) is 1. The number of carbonyl (C=O) groups is 2. The minimum Gasteiger partial charge on any atom is -0.481 e. The van der Waals surface area contributed by atoms with E-state index in [1.54, 1.807) is 0 Å². The minimum absolute atomic E-state index is 0.494. The molecule has 11 heavy (non-hydrogen) atoms. The Morgan fingerprint density at radius 1 is 1.36 bits per heavy atom. The summed E-state index contributed by atoms with van der Waals surface area (Å²) in [5.41, 5.74) is 0. The zero-order chi connectivity index (χ0) is 8.85. The van der Waals surface area contributed by atoms with Crippen LogP contribution in [-0.2, 0) is 19.3 Å². The monoisotopic (exact) mass is 163 g/mol. The molecule has 0 atom stereocenters. The first kappa shape index (κ1) is 9.86. The van der Waals surface area contributed by atoms with Crippen LogP contribution in [0.2, 0.25) is 0 Å². The Labute approximate surface area is 63.2 Å². The Balaban J connectivity index is 3.89. The number of hydroxylamine groups is 2. The summed E-state index contributed by atoms with van der Waals surface area (Å²) in [6.07, 6.45) is -0.651. The van der Waals surface area contributed by atoms with E-state index in [9.17, 15) is 9.59 Å². The van der Waals surface area contributed by atoms with Crippen LogP contribution in [0.25, 0.3) is 0 Å². The van der Waals surface area contributed by atoms with Crippen LogP contribution in [0.3, 0.4) is 0 Å². The second-order valence-electron chi connectivity index (χ2n) is 1.59. The number of amides is 1. The van der Waals surface area contributed by atoms with Gasteiger partial charge in [0.1, 0.15) is 6.42 Å². The van der Waals surface area contributed by atoms with E-state index in [-0.39, 0.29) is 0 Å². The Bertz CT molecular complexity index is 153. The zero-order valence-corrected chi connectivity index (χ0v) is 6.23. The summed E-state index contributed by atoms with van der Waals surface area (Å²) in [4.78, 5) is 29.4. The van der Waals surface area contributed by atoms with Crippen molar-refractivity contribution >= 4 is 11.9 Å². The summed E-state index contributed by atoms with van der Waals surface area (Å²) in [5.74, 6) is -1.99. The van der Waals surface area contributed by atoms with Crippen molar-refractivity contribution in [3.8, 4) is 0 Å². The molecule has 0 rings (SSSR count). The molecule has 0 aliphatic carbocycles. The number of hydrogen-bond donors (Lipinski definition) is 1. The van der Waals surface area contributed by atoms with Crippen LogP contribution < -0.4 is 0 Å². The molecule has 0 fully saturated rings. The molecule has 6 nitrogen and oxygen atoms in total. The van der Waals surface area contributed by atoms with Crippen LogP contribution >= 0.6 is 0 Å². The Morgan fingerprint density at radius 3 is 2.09 bits per heavy atom. The topological polar surface area (TPSA) is 76.1 Å². The van der Waals surface area contributed by atoms with E-state index in [4.69, 9.17) is 5.11 Å². The third kappa shape index (κ3) is 3.54. The average Bonchev–Trinajstić information content (AvgIpc) is 1.88. The average molecular weight is 163 g/mol. The maximum atomic E-state index is 10.7. The second kappa shape index (κ2) is 4.64. The third-order valence-corrected chi connectivity index (χ3v) is 0.838. The van der Waals surface area contributed by atoms with Gasteiger partial charge in [-0.15, -0.1) is 0 Å². The molecule has 0 aliphatic rings. The number of carbonyl (C=O) groups excluding carboxylic acids is 1. The summed E-state index contributed by atoms with van der Waals surface area (Å²) in [6.45, 7) is 0. The molecule has 0 radical (unpaired) electrons. The molecule has 0 spiro atoms. The predicted molar refractivity (Wildman–Crippen MR) is 33.1 cm³/mol. The van der Waals surface area contributed by atoms with Gasteiger partial charge in [-0.1, -0.05) is 5.23 Å². The summed E-state index contributed by atoms with van der Waals surface area (Å²) >= 11 is 0. The second-order valence-corrected chi connectivity index (χ2v) is 1.59. The van der Waals surface area contributed by atoms with Crippen molar-refractivity contribution in [2.24, 2.45) is 0 Å². The number of aliphatic carboxylic acids is 1. The highest BCUT2D eigenvalue weighted by molar-refractivity contribution is 5.92. The van der Waals surface area contributed by atoms with Crippen LogP contribution in [0.15, 0.2) is 0 Å². The zero-order valence-electron chi connectivity index (χ0n) is 6.23. The molecule has 0 saturated carbocycles. The van der Waals surface area contributed by atoms with Crippen LogP contribution in [0, 0.1) is 0 Å². The van der Waals surface area contributed by atoms with Crippen molar-refractivity contribution in [3.63, 3.8) is 0 Å². The number of carboxylic acids is 1. The van der Waals surface area contributed by atoms with Gasteiger partial charge in [0.2, 0.25) is 0 Å². The molecule has 0 aliphatic heterocycles. The van der Waals surface area contributed by atoms with Gasteiger partial charge in [-0.3, -0.25) is 9.59 Å². The fourth-order valence-corrected chi connectivity index (χ4v) is 0.472. The maximum Gasteiger partial charge on any atom is 0.313 e. The molecule has 0 aromatic carbocycles. The highest BCUT2D eigenvalue weighted by atomic mass is 16.9. The quantitative estimate of drug-likeness (QED) is 0.443. The molecule has 1 N–H and O–H groups in total. The van der Waals surface area contributed by atoms with Crippen molar-refractivity contribution in [1.82, 2.24) is 5.23 Å². The molecular formula is C5H9NO5. The van der Waals surface area contributed by atoms with Crippen LogP contribution in [0.4, 0.5) is 0 Å². The molecule has 0 unspecified atom stereocenters. The van der Waals surface area contributed by atoms with Gasteiger partial charge in [-0.05, 0) is 0 Å². The summed E-state index contributed by atoms with van der Waals surface area (Å²) in [5, 5.41) is 8.66. The van der Waals surface area contributed by atoms with Gasteiger partial charge >= 0.3 is 5.97 Å². The van der Waals surface area contributed by atoms with Crippen LogP contribution in [0.1, 0.15) is 6.42 Å². The van der Waals surface area contributed by atoms with Crippen molar-refractivity contribution in [1.29, 1.82) is 0 Å². The summed E-state index contributed by atoms with van der Waals surface area (Å²) in [6, 6.07) is 0. The third-order valence-electron chi connectivity index (χ3n) is 0.838. The first-order valence-corrected chi connectivity index (χ1v) is 2.74. The van der Waals surface area contributed by atoms with E-state index in [0.717, 1.165) is 0 Å². The van der Waals surface area contributed by atoms with Crippen molar-refractivity contribution in [3.05, 3.63) is 0 Å². The van der Waals surface area contributed by atoms with Gasteiger partial charge in [0.15, 0.2) is 0 Å². The van der Waals surface area contributed by atoms with Gasteiger partial charge < -0.3 is 5.11 Å². The lowest BCUT2D eigenvalue weighted by molar-refractivity contribution is -0.317. The first-order chi connectivity index (χ1) is 5.11. The maximum absolute atomic E-state index is 10.7. The van der Waals surface area contributed by atoms with E-state index >= 15 is 0 Å². The fourth-order valence-electron chi connectivity index (χ4n) is 0.472. The lowest BCUT2D eigenvalue weighted by Crippen LogP contribution is -2.30. The van der Waals surface area contributed by atoms with E-state index in [0.29, 0.717) is 5.23 Å². The number of hydrogen-bond acceptors (Lipinski definition) is 4. The molecular weight excluding hydrogens is 154 g/mol. The fraction of sp³-hybridized carbons (Fsp3) is 0.600. The SMILES string of the molecule is CON(OC)C(=O)CC(=O)O. The smallest absolute Gasteiger partial charge is 0.313 e. The predicted octanol–water partition coefficient (Wildman–Crippen LogP) is -0.588. The Morgan fingerprint density at radius 2 is 1.82 bits per heavy atom. The van der Waals surface area contributed by atoms with Crippen LogP contribution in [-0.4, -0.2) is 36.4 Å². The van der Waals surface area contributed by atoms with E-state index in [1.165, 1.54) is 14.2 Å². The van der Waals surface area contributed by atoms with Gasteiger partial charge in [0.25, 0.3) is 5.91 Å². The normalized spacial score (nSPS) is 9.27. The molecule has 0 aromatic heterocycles. The minimum atomic E-state index is -1.23. The van der Waals surface area contributed by atoms with Crippen molar-refractivity contribution in [2.75, 3.05) is 14.2 Å². The largest absolute Gasteiger partial charge is 0.481 e. The van der Waals surface area contributed by atoms with Gasteiger partial charge in [-0.2, -0.15) is 0 Å².